The number of aliphatic hydroxyl groups excluding tert-OH is 2. The molecular formula is C8H18NO4+. The molecule has 0 aromatic rings. The summed E-state index contributed by atoms with van der Waals surface area (Å²) in [5.41, 5.74) is 0. The van der Waals surface area contributed by atoms with Crippen LogP contribution in [0, 0.1) is 0 Å². The maximum Gasteiger partial charge on any atom is 0.160 e. The van der Waals surface area contributed by atoms with E-state index in [1.165, 1.54) is 0 Å². The van der Waals surface area contributed by atoms with E-state index in [1.807, 2.05) is 0 Å². The van der Waals surface area contributed by atoms with Crippen molar-refractivity contribution in [3.8, 4) is 0 Å². The molecule has 0 bridgehead atoms. The van der Waals surface area contributed by atoms with Gasteiger partial charge in [0, 0.05) is 0 Å². The second kappa shape index (κ2) is 6.99. The van der Waals surface area contributed by atoms with E-state index in [-0.39, 0.29) is 31.2 Å². The van der Waals surface area contributed by atoms with E-state index >= 15 is 0 Å². The van der Waals surface area contributed by atoms with Crippen molar-refractivity contribution in [1.29, 1.82) is 0 Å². The molecule has 13 heavy (non-hydrogen) atoms. The number of aliphatic hydroxyl groups is 2. The fourth-order valence-electron chi connectivity index (χ4n) is 0.845. The largest absolute Gasteiger partial charge is 0.394 e. The molecule has 0 atom stereocenters. The minimum Gasteiger partial charge on any atom is -0.394 e. The minimum atomic E-state index is -0.134. The number of hydroxylamine groups is 4. The molecule has 0 fully saturated rings. The maximum atomic E-state index is 8.56. The van der Waals surface area contributed by atoms with Crippen LogP contribution in [-0.2, 0) is 9.68 Å². The van der Waals surface area contributed by atoms with Crippen molar-refractivity contribution in [3.05, 3.63) is 12.7 Å². The van der Waals surface area contributed by atoms with Crippen LogP contribution in [0.5, 0.6) is 0 Å². The molecule has 0 heterocycles. The topological polar surface area (TPSA) is 58.9 Å². The van der Waals surface area contributed by atoms with Crippen LogP contribution in [-0.4, -0.2) is 55.0 Å². The molecule has 0 saturated heterocycles. The summed E-state index contributed by atoms with van der Waals surface area (Å²) >= 11 is 0. The lowest BCUT2D eigenvalue weighted by molar-refractivity contribution is -1.23. The zero-order valence-electron chi connectivity index (χ0n) is 7.98. The Bertz CT molecular complexity index is 132. The van der Waals surface area contributed by atoms with Gasteiger partial charge in [-0.05, 0) is 10.9 Å². The van der Waals surface area contributed by atoms with Gasteiger partial charge in [0.05, 0.1) is 13.2 Å². The van der Waals surface area contributed by atoms with Crippen LogP contribution in [0.3, 0.4) is 0 Å². The molecule has 0 saturated carbocycles. The zero-order valence-corrected chi connectivity index (χ0v) is 7.98. The molecule has 0 rings (SSSR count). The average Bonchev–Trinajstić information content (AvgIpc) is 2.12. The minimum absolute atomic E-state index is 0.0620. The van der Waals surface area contributed by atoms with Crippen LogP contribution < -0.4 is 0 Å². The Hall–Kier alpha value is -0.460. The second-order valence-electron chi connectivity index (χ2n) is 2.60. The molecule has 0 radical (unpaired) electrons. The monoisotopic (exact) mass is 192 g/mol. The normalized spacial score (nSPS) is 11.6. The summed E-state index contributed by atoms with van der Waals surface area (Å²) in [6.45, 7) is 4.28. The molecule has 0 aliphatic rings. The van der Waals surface area contributed by atoms with Crippen molar-refractivity contribution in [1.82, 2.24) is 0 Å². The van der Waals surface area contributed by atoms with Gasteiger partial charge < -0.3 is 10.2 Å². The van der Waals surface area contributed by atoms with E-state index in [0.29, 0.717) is 6.54 Å². The van der Waals surface area contributed by atoms with Gasteiger partial charge in [0.2, 0.25) is 0 Å². The van der Waals surface area contributed by atoms with Crippen molar-refractivity contribution in [2.45, 2.75) is 0 Å². The highest BCUT2D eigenvalue weighted by atomic mass is 17.0. The Morgan fingerprint density at radius 3 is 2.00 bits per heavy atom. The Morgan fingerprint density at radius 1 is 1.23 bits per heavy atom. The first-order valence-corrected chi connectivity index (χ1v) is 4.15. The predicted octanol–water partition coefficient (Wildman–Crippen LogP) is -0.533. The molecular weight excluding hydrogens is 174 g/mol. The van der Waals surface area contributed by atoms with Crippen LogP contribution in [0.2, 0.25) is 0 Å². The van der Waals surface area contributed by atoms with E-state index in [1.54, 1.807) is 13.1 Å². The zero-order chi connectivity index (χ0) is 10.2. The summed E-state index contributed by atoms with van der Waals surface area (Å²) < 4.78 is 0. The SMILES string of the molecule is C=CC[N+](C)(OCCO)OCCO. The van der Waals surface area contributed by atoms with Gasteiger partial charge in [-0.3, -0.25) is 0 Å². The van der Waals surface area contributed by atoms with Crippen LogP contribution >= 0.6 is 0 Å². The maximum absolute atomic E-state index is 8.56. The van der Waals surface area contributed by atoms with E-state index < -0.39 is 0 Å². The van der Waals surface area contributed by atoms with Gasteiger partial charge in [-0.2, -0.15) is 9.68 Å². The first-order chi connectivity index (χ1) is 6.18. The quantitative estimate of drug-likeness (QED) is 0.308. The van der Waals surface area contributed by atoms with Gasteiger partial charge in [-0.15, -0.1) is 0 Å². The third-order valence-corrected chi connectivity index (χ3v) is 1.37. The lowest BCUT2D eigenvalue weighted by Crippen LogP contribution is -2.45. The Balaban J connectivity index is 3.90. The number of hydrogen-bond donors (Lipinski definition) is 2. The van der Waals surface area contributed by atoms with Crippen molar-refractivity contribution >= 4 is 0 Å². The van der Waals surface area contributed by atoms with Gasteiger partial charge in [0.15, 0.2) is 6.54 Å². The number of likely N-dealkylation sites (N-methyl/N-ethyl adjacent to an activating group) is 1. The molecule has 0 spiro atoms. The van der Waals surface area contributed by atoms with Crippen LogP contribution in [0.1, 0.15) is 0 Å². The van der Waals surface area contributed by atoms with E-state index in [4.69, 9.17) is 19.9 Å². The van der Waals surface area contributed by atoms with Crippen LogP contribution in [0.15, 0.2) is 12.7 Å². The number of rotatable bonds is 8. The number of hydrogen-bond acceptors (Lipinski definition) is 4. The van der Waals surface area contributed by atoms with E-state index in [9.17, 15) is 0 Å². The highest BCUT2D eigenvalue weighted by Gasteiger charge is 2.23. The Labute approximate surface area is 78.3 Å². The summed E-state index contributed by atoms with van der Waals surface area (Å²) in [6, 6.07) is 0. The first kappa shape index (κ1) is 12.5. The van der Waals surface area contributed by atoms with Crippen LogP contribution in [0.4, 0.5) is 0 Å². The summed E-state index contributed by atoms with van der Waals surface area (Å²) in [5.74, 6) is 0. The number of quaternary nitrogens is 1. The fraction of sp³-hybridized carbons (Fsp3) is 0.750. The molecule has 5 nitrogen and oxygen atoms in total. The molecule has 0 unspecified atom stereocenters. The third kappa shape index (κ3) is 5.73. The summed E-state index contributed by atoms with van der Waals surface area (Å²) in [5, 5.41) is 17.1. The smallest absolute Gasteiger partial charge is 0.160 e. The van der Waals surface area contributed by atoms with Gasteiger partial charge in [0.1, 0.15) is 20.3 Å². The van der Waals surface area contributed by atoms with Crippen molar-refractivity contribution in [2.24, 2.45) is 0 Å². The molecule has 0 aliphatic carbocycles. The van der Waals surface area contributed by atoms with Crippen molar-refractivity contribution in [3.63, 3.8) is 0 Å². The highest BCUT2D eigenvalue weighted by molar-refractivity contribution is 4.62. The summed E-state index contributed by atoms with van der Waals surface area (Å²) in [6.07, 6.45) is 1.65. The Kier molecular flexibility index (Phi) is 6.75. The number of nitrogens with zero attached hydrogens (tertiary/aromatic N) is 1. The molecule has 0 amide bonds. The molecule has 78 valence electrons. The van der Waals surface area contributed by atoms with E-state index in [0.717, 1.165) is 0 Å². The lowest BCUT2D eigenvalue weighted by atomic mass is 10.6. The van der Waals surface area contributed by atoms with E-state index in [2.05, 4.69) is 6.58 Å². The first-order valence-electron chi connectivity index (χ1n) is 4.15. The van der Waals surface area contributed by atoms with Gasteiger partial charge in [-0.25, -0.2) is 0 Å². The predicted molar refractivity (Wildman–Crippen MR) is 47.3 cm³/mol. The van der Waals surface area contributed by atoms with Gasteiger partial charge >= 0.3 is 0 Å². The molecule has 5 heteroatoms. The Morgan fingerprint density at radius 2 is 1.69 bits per heavy atom. The summed E-state index contributed by atoms with van der Waals surface area (Å²) in [7, 11) is 1.69. The fourth-order valence-corrected chi connectivity index (χ4v) is 0.845. The average molecular weight is 192 g/mol. The second-order valence-corrected chi connectivity index (χ2v) is 2.60. The van der Waals surface area contributed by atoms with Gasteiger partial charge in [-0.1, -0.05) is 6.58 Å². The molecule has 0 aromatic heterocycles. The highest BCUT2D eigenvalue weighted by Crippen LogP contribution is 2.05. The molecule has 2 N–H and O–H groups in total. The van der Waals surface area contributed by atoms with Crippen molar-refractivity contribution < 1.29 is 24.7 Å². The summed E-state index contributed by atoms with van der Waals surface area (Å²) in [4.78, 5) is 10.3. The lowest BCUT2D eigenvalue weighted by Gasteiger charge is -2.26. The molecule has 0 aromatic carbocycles. The van der Waals surface area contributed by atoms with Gasteiger partial charge in [0.25, 0.3) is 0 Å². The third-order valence-electron chi connectivity index (χ3n) is 1.37. The molecule has 0 aliphatic heterocycles. The standard InChI is InChI=1S/C8H18NO4/c1-3-4-9(2,12-7-5-10)13-8-6-11/h3,10-11H,1,4-8H2,2H3/q+1. The van der Waals surface area contributed by atoms with Crippen LogP contribution in [0.25, 0.3) is 0 Å². The van der Waals surface area contributed by atoms with Crippen molar-refractivity contribution in [2.75, 3.05) is 40.0 Å².